The van der Waals surface area contributed by atoms with Crippen molar-refractivity contribution in [2.45, 2.75) is 23.9 Å². The Kier molecular flexibility index (Phi) is 4.48. The monoisotopic (exact) mass is 343 g/mol. The van der Waals surface area contributed by atoms with Crippen LogP contribution >= 0.6 is 11.8 Å². The largest absolute Gasteiger partial charge is 0.371 e. The van der Waals surface area contributed by atoms with E-state index in [1.165, 1.54) is 4.31 Å². The van der Waals surface area contributed by atoms with E-state index in [0.29, 0.717) is 19.7 Å². The Morgan fingerprint density at radius 3 is 2.86 bits per heavy atom. The lowest BCUT2D eigenvalue weighted by Gasteiger charge is -2.46. The highest BCUT2D eigenvalue weighted by Gasteiger charge is 2.53. The normalized spacial score (nSPS) is 24.8. The molecule has 0 N–H and O–H groups in total. The third-order valence-electron chi connectivity index (χ3n) is 4.08. The molecule has 6 nitrogen and oxygen atoms in total. The summed E-state index contributed by atoms with van der Waals surface area (Å²) < 4.78 is 32.9. The Morgan fingerprint density at radius 2 is 2.23 bits per heavy atom. The number of thioether (sulfide) groups is 1. The van der Waals surface area contributed by atoms with Crippen LogP contribution in [-0.4, -0.2) is 65.8 Å². The second-order valence-electron chi connectivity index (χ2n) is 6.01. The quantitative estimate of drug-likeness (QED) is 0.797. The van der Waals surface area contributed by atoms with Crippen molar-refractivity contribution in [3.8, 4) is 0 Å². The van der Waals surface area contributed by atoms with Crippen molar-refractivity contribution in [3.05, 3.63) is 30.1 Å². The molecule has 2 aliphatic heterocycles. The van der Waals surface area contributed by atoms with E-state index in [4.69, 9.17) is 4.74 Å². The standard InChI is InChI=1S/C14H21N3O3S2/c1-16(2)22(18,19)17-10-14(11-17)7-13(9-21-14)20-8-12-5-3-4-6-15-12/h3-6,13H,7-11H2,1-2H3. The number of ether oxygens (including phenoxy) is 1. The SMILES string of the molecule is CN(C)S(=O)(=O)N1CC2(CC(OCc3ccccn3)CS2)C1. The van der Waals surface area contributed by atoms with Gasteiger partial charge in [0.15, 0.2) is 0 Å². The van der Waals surface area contributed by atoms with Gasteiger partial charge in [-0.1, -0.05) is 6.07 Å². The number of hydrogen-bond donors (Lipinski definition) is 0. The minimum atomic E-state index is -3.27. The molecule has 2 fully saturated rings. The second kappa shape index (κ2) is 6.09. The van der Waals surface area contributed by atoms with Crippen LogP contribution in [0.3, 0.4) is 0 Å². The molecule has 3 heterocycles. The molecule has 1 aromatic rings. The van der Waals surface area contributed by atoms with Crippen LogP contribution in [-0.2, 0) is 21.6 Å². The van der Waals surface area contributed by atoms with Gasteiger partial charge in [-0.15, -0.1) is 11.8 Å². The molecular formula is C14H21N3O3S2. The van der Waals surface area contributed by atoms with E-state index in [1.807, 2.05) is 30.0 Å². The van der Waals surface area contributed by atoms with Gasteiger partial charge in [0.1, 0.15) is 0 Å². The maximum absolute atomic E-state index is 12.0. The van der Waals surface area contributed by atoms with E-state index in [9.17, 15) is 8.42 Å². The first kappa shape index (κ1) is 16.2. The van der Waals surface area contributed by atoms with E-state index in [-0.39, 0.29) is 10.9 Å². The van der Waals surface area contributed by atoms with Gasteiger partial charge in [0.2, 0.25) is 0 Å². The van der Waals surface area contributed by atoms with Crippen molar-refractivity contribution in [1.29, 1.82) is 0 Å². The molecular weight excluding hydrogens is 322 g/mol. The van der Waals surface area contributed by atoms with Crippen LogP contribution in [0.25, 0.3) is 0 Å². The lowest BCUT2D eigenvalue weighted by Crippen LogP contribution is -2.62. The minimum Gasteiger partial charge on any atom is -0.371 e. The Bertz CT molecular complexity index is 615. The lowest BCUT2D eigenvalue weighted by molar-refractivity contribution is 0.0376. The van der Waals surface area contributed by atoms with Crippen LogP contribution in [0.4, 0.5) is 0 Å². The molecule has 0 bridgehead atoms. The minimum absolute atomic E-state index is 0.0395. The first-order valence-electron chi connectivity index (χ1n) is 7.24. The van der Waals surface area contributed by atoms with Crippen molar-refractivity contribution in [2.75, 3.05) is 32.9 Å². The predicted molar refractivity (Wildman–Crippen MR) is 86.8 cm³/mol. The average Bonchev–Trinajstić information content (AvgIpc) is 2.89. The summed E-state index contributed by atoms with van der Waals surface area (Å²) >= 11 is 1.84. The maximum atomic E-state index is 12.0. The van der Waals surface area contributed by atoms with Crippen LogP contribution < -0.4 is 0 Å². The highest BCUT2D eigenvalue weighted by molar-refractivity contribution is 8.01. The molecule has 2 saturated heterocycles. The maximum Gasteiger partial charge on any atom is 0.281 e. The third-order valence-corrected chi connectivity index (χ3v) is 7.49. The average molecular weight is 343 g/mol. The zero-order chi connectivity index (χ0) is 15.8. The summed E-state index contributed by atoms with van der Waals surface area (Å²) in [7, 11) is -0.133. The van der Waals surface area contributed by atoms with Crippen molar-refractivity contribution in [2.24, 2.45) is 0 Å². The van der Waals surface area contributed by atoms with Crippen LogP contribution in [0.1, 0.15) is 12.1 Å². The van der Waals surface area contributed by atoms with Crippen molar-refractivity contribution in [3.63, 3.8) is 0 Å². The molecule has 0 aromatic carbocycles. The fraction of sp³-hybridized carbons (Fsp3) is 0.643. The van der Waals surface area contributed by atoms with Gasteiger partial charge in [0, 0.05) is 43.9 Å². The van der Waals surface area contributed by atoms with Gasteiger partial charge in [-0.25, -0.2) is 0 Å². The molecule has 1 spiro atoms. The van der Waals surface area contributed by atoms with Crippen molar-refractivity contribution in [1.82, 2.24) is 13.6 Å². The summed E-state index contributed by atoms with van der Waals surface area (Å²) in [5.74, 6) is 0.919. The highest BCUT2D eigenvalue weighted by Crippen LogP contribution is 2.47. The summed E-state index contributed by atoms with van der Waals surface area (Å²) in [4.78, 5) is 4.25. The van der Waals surface area contributed by atoms with Gasteiger partial charge in [-0.2, -0.15) is 17.0 Å². The van der Waals surface area contributed by atoms with E-state index < -0.39 is 10.2 Å². The summed E-state index contributed by atoms with van der Waals surface area (Å²) in [6, 6.07) is 5.79. The van der Waals surface area contributed by atoms with Crippen LogP contribution in [0.15, 0.2) is 24.4 Å². The summed E-state index contributed by atoms with van der Waals surface area (Å²) in [6.45, 7) is 1.69. The predicted octanol–water partition coefficient (Wildman–Crippen LogP) is 0.965. The fourth-order valence-electron chi connectivity index (χ4n) is 2.81. The molecule has 0 aliphatic carbocycles. The van der Waals surface area contributed by atoms with E-state index in [1.54, 1.807) is 24.6 Å². The van der Waals surface area contributed by atoms with Crippen molar-refractivity contribution < 1.29 is 13.2 Å². The van der Waals surface area contributed by atoms with Gasteiger partial charge in [-0.3, -0.25) is 4.98 Å². The van der Waals surface area contributed by atoms with Crippen LogP contribution in [0.5, 0.6) is 0 Å². The Hall–Kier alpha value is -0.670. The van der Waals surface area contributed by atoms with Crippen LogP contribution in [0.2, 0.25) is 0 Å². The summed E-state index contributed by atoms with van der Waals surface area (Å²) in [5, 5.41) is 0. The Balaban J connectivity index is 1.50. The zero-order valence-corrected chi connectivity index (χ0v) is 14.4. The molecule has 0 radical (unpaired) electrons. The number of rotatable bonds is 5. The van der Waals surface area contributed by atoms with Gasteiger partial charge in [0.25, 0.3) is 10.2 Å². The van der Waals surface area contributed by atoms with Gasteiger partial charge < -0.3 is 4.74 Å². The molecule has 22 heavy (non-hydrogen) atoms. The number of nitrogens with zero attached hydrogens (tertiary/aromatic N) is 3. The third kappa shape index (κ3) is 3.16. The summed E-state index contributed by atoms with van der Waals surface area (Å²) in [6.07, 6.45) is 2.85. The molecule has 0 saturated carbocycles. The molecule has 1 unspecified atom stereocenters. The molecule has 122 valence electrons. The molecule has 3 rings (SSSR count). The van der Waals surface area contributed by atoms with E-state index in [0.717, 1.165) is 17.9 Å². The van der Waals surface area contributed by atoms with Gasteiger partial charge in [-0.05, 0) is 18.6 Å². The Morgan fingerprint density at radius 1 is 1.45 bits per heavy atom. The smallest absolute Gasteiger partial charge is 0.281 e. The summed E-state index contributed by atoms with van der Waals surface area (Å²) in [5.41, 5.74) is 0.930. The first-order chi connectivity index (χ1) is 10.4. The molecule has 0 amide bonds. The second-order valence-corrected chi connectivity index (χ2v) is 9.64. The highest BCUT2D eigenvalue weighted by atomic mass is 32.2. The number of hydrogen-bond acceptors (Lipinski definition) is 5. The molecule has 1 aromatic heterocycles. The van der Waals surface area contributed by atoms with Gasteiger partial charge >= 0.3 is 0 Å². The van der Waals surface area contributed by atoms with E-state index in [2.05, 4.69) is 4.98 Å². The Labute approximate surface area is 136 Å². The number of aromatic nitrogens is 1. The van der Waals surface area contributed by atoms with E-state index >= 15 is 0 Å². The van der Waals surface area contributed by atoms with Crippen LogP contribution in [0, 0.1) is 0 Å². The lowest BCUT2D eigenvalue weighted by atomic mass is 9.95. The molecule has 2 aliphatic rings. The first-order valence-corrected chi connectivity index (χ1v) is 9.63. The topological polar surface area (TPSA) is 62.7 Å². The zero-order valence-electron chi connectivity index (χ0n) is 12.8. The molecule has 8 heteroatoms. The van der Waals surface area contributed by atoms with Gasteiger partial charge in [0.05, 0.1) is 18.4 Å². The number of pyridine rings is 1. The fourth-order valence-corrected chi connectivity index (χ4v) is 5.80. The van der Waals surface area contributed by atoms with Crippen molar-refractivity contribution >= 4 is 22.0 Å². The molecule has 1 atom stereocenters.